The van der Waals surface area contributed by atoms with Crippen molar-refractivity contribution in [3.8, 4) is 0 Å². The second-order valence-electron chi connectivity index (χ2n) is 4.85. The van der Waals surface area contributed by atoms with Gasteiger partial charge in [-0.05, 0) is 43.7 Å². The summed E-state index contributed by atoms with van der Waals surface area (Å²) in [7, 11) is 0. The molecule has 0 fully saturated rings. The van der Waals surface area contributed by atoms with E-state index in [-0.39, 0.29) is 12.5 Å². The number of fused-ring (bicyclic) bond motifs is 3. The van der Waals surface area contributed by atoms with Gasteiger partial charge in [0.1, 0.15) is 0 Å². The van der Waals surface area contributed by atoms with Crippen LogP contribution in [-0.2, 0) is 6.54 Å². The van der Waals surface area contributed by atoms with Gasteiger partial charge >= 0.3 is 0 Å². The molecule has 20 heavy (non-hydrogen) atoms. The van der Waals surface area contributed by atoms with E-state index < -0.39 is 0 Å². The number of pyridine rings is 1. The van der Waals surface area contributed by atoms with E-state index in [1.807, 2.05) is 30.3 Å². The van der Waals surface area contributed by atoms with Gasteiger partial charge < -0.3 is 4.57 Å². The second-order valence-corrected chi connectivity index (χ2v) is 4.85. The Morgan fingerprint density at radius 1 is 1.30 bits per heavy atom. The molecule has 3 rings (SSSR count). The molecule has 3 nitrogen and oxygen atoms in total. The molecule has 102 valence electrons. The Morgan fingerprint density at radius 2 is 2.15 bits per heavy atom. The molecule has 4 heteroatoms. The lowest BCUT2D eigenvalue weighted by Crippen LogP contribution is -1.99. The topological polar surface area (TPSA) is 34.9 Å². The zero-order valence-corrected chi connectivity index (χ0v) is 11.3. The molecule has 0 bridgehead atoms. The number of hydrogen-bond donors (Lipinski definition) is 0. The fraction of sp³-hybridized carbons (Fsp3) is 0.250. The molecule has 0 atom stereocenters. The molecule has 0 aliphatic heterocycles. The lowest BCUT2D eigenvalue weighted by molar-refractivity contribution is 0.101. The van der Waals surface area contributed by atoms with Gasteiger partial charge in [0.25, 0.3) is 0 Å². The van der Waals surface area contributed by atoms with Crippen LogP contribution in [0.1, 0.15) is 23.7 Å². The summed E-state index contributed by atoms with van der Waals surface area (Å²) < 4.78 is 14.6. The monoisotopic (exact) mass is 270 g/mol. The van der Waals surface area contributed by atoms with Gasteiger partial charge in [0.2, 0.25) is 0 Å². The largest absolute Gasteiger partial charge is 0.339 e. The van der Waals surface area contributed by atoms with Crippen molar-refractivity contribution in [2.24, 2.45) is 0 Å². The van der Waals surface area contributed by atoms with Crippen LogP contribution in [0, 0.1) is 0 Å². The Balaban J connectivity index is 2.32. The van der Waals surface area contributed by atoms with E-state index in [9.17, 15) is 9.18 Å². The molecular formula is C16H15FN2O. The van der Waals surface area contributed by atoms with Crippen LogP contribution in [0.25, 0.3) is 21.9 Å². The van der Waals surface area contributed by atoms with Crippen LogP contribution in [-0.4, -0.2) is 22.0 Å². The van der Waals surface area contributed by atoms with Crippen LogP contribution in [0.2, 0.25) is 0 Å². The van der Waals surface area contributed by atoms with Gasteiger partial charge in [-0.2, -0.15) is 0 Å². The van der Waals surface area contributed by atoms with E-state index in [4.69, 9.17) is 0 Å². The van der Waals surface area contributed by atoms with Gasteiger partial charge in [-0.1, -0.05) is 0 Å². The lowest BCUT2D eigenvalue weighted by Gasteiger charge is -2.05. The lowest BCUT2D eigenvalue weighted by atomic mass is 10.1. The zero-order chi connectivity index (χ0) is 14.1. The third-order valence-electron chi connectivity index (χ3n) is 3.54. The van der Waals surface area contributed by atoms with E-state index in [2.05, 4.69) is 9.55 Å². The van der Waals surface area contributed by atoms with E-state index >= 15 is 0 Å². The first-order chi connectivity index (χ1) is 9.72. The molecule has 2 aromatic heterocycles. The van der Waals surface area contributed by atoms with Crippen molar-refractivity contribution in [2.45, 2.75) is 19.9 Å². The van der Waals surface area contributed by atoms with Crippen molar-refractivity contribution in [3.05, 3.63) is 42.1 Å². The molecule has 0 spiro atoms. The average molecular weight is 270 g/mol. The molecule has 2 heterocycles. The summed E-state index contributed by atoms with van der Waals surface area (Å²) in [6.07, 6.45) is 2.21. The minimum Gasteiger partial charge on any atom is -0.339 e. The van der Waals surface area contributed by atoms with Crippen LogP contribution < -0.4 is 0 Å². The minimum atomic E-state index is -0.340. The van der Waals surface area contributed by atoms with Gasteiger partial charge in [0, 0.05) is 23.7 Å². The van der Waals surface area contributed by atoms with Crippen molar-refractivity contribution >= 4 is 27.7 Å². The standard InChI is InChI=1S/C16H15FN2O/c1-11(20)12-5-6-14-13(10-12)16-15(4-2-8-18-16)19(14)9-3-7-17/h2,4-6,8,10H,3,7,9H2,1H3. The van der Waals surface area contributed by atoms with Crippen molar-refractivity contribution in [1.82, 2.24) is 9.55 Å². The SMILES string of the molecule is CC(=O)c1ccc2c(c1)c1ncccc1n2CCCF. The maximum atomic E-state index is 12.5. The van der Waals surface area contributed by atoms with Gasteiger partial charge in [0.05, 0.1) is 23.2 Å². The Bertz CT molecular complexity index is 792. The van der Waals surface area contributed by atoms with E-state index in [1.54, 1.807) is 13.1 Å². The normalized spacial score (nSPS) is 11.3. The predicted molar refractivity (Wildman–Crippen MR) is 77.8 cm³/mol. The molecule has 0 aliphatic carbocycles. The third kappa shape index (κ3) is 1.97. The number of Topliss-reactive ketones (excluding diaryl/α,β-unsaturated/α-hetero) is 1. The summed E-state index contributed by atoms with van der Waals surface area (Å²) in [4.78, 5) is 15.9. The summed E-state index contributed by atoms with van der Waals surface area (Å²) in [5.41, 5.74) is 3.52. The Kier molecular flexibility index (Phi) is 3.22. The highest BCUT2D eigenvalue weighted by Crippen LogP contribution is 2.28. The van der Waals surface area contributed by atoms with Gasteiger partial charge in [-0.3, -0.25) is 14.2 Å². The number of benzene rings is 1. The third-order valence-corrected chi connectivity index (χ3v) is 3.54. The molecule has 0 amide bonds. The first kappa shape index (κ1) is 12.8. The minimum absolute atomic E-state index is 0.0347. The van der Waals surface area contributed by atoms with Crippen LogP contribution in [0.15, 0.2) is 36.5 Å². The highest BCUT2D eigenvalue weighted by atomic mass is 19.1. The highest BCUT2D eigenvalue weighted by Gasteiger charge is 2.12. The number of nitrogens with zero attached hydrogens (tertiary/aromatic N) is 2. The number of halogens is 1. The maximum Gasteiger partial charge on any atom is 0.159 e. The summed E-state index contributed by atoms with van der Waals surface area (Å²) >= 11 is 0. The number of aryl methyl sites for hydroxylation is 1. The number of ketones is 1. The first-order valence-corrected chi connectivity index (χ1v) is 6.66. The fourth-order valence-electron chi connectivity index (χ4n) is 2.59. The van der Waals surface area contributed by atoms with Crippen molar-refractivity contribution < 1.29 is 9.18 Å². The number of carbonyl (C=O) groups is 1. The molecule has 0 unspecified atom stereocenters. The van der Waals surface area contributed by atoms with Crippen LogP contribution in [0.4, 0.5) is 4.39 Å². The summed E-state index contributed by atoms with van der Waals surface area (Å²) in [5.74, 6) is 0.0347. The fourth-order valence-corrected chi connectivity index (χ4v) is 2.59. The first-order valence-electron chi connectivity index (χ1n) is 6.66. The zero-order valence-electron chi connectivity index (χ0n) is 11.3. The molecule has 1 aromatic carbocycles. The average Bonchev–Trinajstić information content (AvgIpc) is 2.78. The quantitative estimate of drug-likeness (QED) is 0.677. The number of aromatic nitrogens is 2. The molecule has 0 aliphatic rings. The van der Waals surface area contributed by atoms with Gasteiger partial charge in [0.15, 0.2) is 5.78 Å². The summed E-state index contributed by atoms with van der Waals surface area (Å²) in [5, 5.41) is 0.951. The van der Waals surface area contributed by atoms with E-state index in [1.165, 1.54) is 0 Å². The van der Waals surface area contributed by atoms with Crippen molar-refractivity contribution in [2.75, 3.05) is 6.67 Å². The van der Waals surface area contributed by atoms with E-state index in [0.29, 0.717) is 18.5 Å². The Labute approximate surface area is 116 Å². The van der Waals surface area contributed by atoms with Crippen LogP contribution in [0.3, 0.4) is 0 Å². The Morgan fingerprint density at radius 3 is 2.90 bits per heavy atom. The molecule has 0 saturated carbocycles. The van der Waals surface area contributed by atoms with Gasteiger partial charge in [-0.25, -0.2) is 0 Å². The van der Waals surface area contributed by atoms with Crippen molar-refractivity contribution in [1.29, 1.82) is 0 Å². The molecule has 0 N–H and O–H groups in total. The second kappa shape index (κ2) is 5.04. The molecule has 0 saturated heterocycles. The summed E-state index contributed by atoms with van der Waals surface area (Å²) in [6.45, 7) is 1.82. The van der Waals surface area contributed by atoms with Crippen LogP contribution >= 0.6 is 0 Å². The van der Waals surface area contributed by atoms with Crippen LogP contribution in [0.5, 0.6) is 0 Å². The number of carbonyl (C=O) groups excluding carboxylic acids is 1. The predicted octanol–water partition coefficient (Wildman–Crippen LogP) is 3.75. The smallest absolute Gasteiger partial charge is 0.159 e. The number of rotatable bonds is 4. The van der Waals surface area contributed by atoms with Crippen molar-refractivity contribution in [3.63, 3.8) is 0 Å². The Hall–Kier alpha value is -2.23. The van der Waals surface area contributed by atoms with Gasteiger partial charge in [-0.15, -0.1) is 0 Å². The highest BCUT2D eigenvalue weighted by molar-refractivity contribution is 6.08. The van der Waals surface area contributed by atoms with E-state index in [0.717, 1.165) is 21.9 Å². The molecule has 0 radical (unpaired) electrons. The molecule has 3 aromatic rings. The maximum absolute atomic E-state index is 12.5. The molecular weight excluding hydrogens is 255 g/mol. The summed E-state index contributed by atoms with van der Waals surface area (Å²) in [6, 6.07) is 9.47. The number of hydrogen-bond acceptors (Lipinski definition) is 2. The number of alkyl halides is 1.